The van der Waals surface area contributed by atoms with Gasteiger partial charge in [0, 0.05) is 10.9 Å². The Labute approximate surface area is 92.1 Å². The Hall–Kier alpha value is -1.20. The summed E-state index contributed by atoms with van der Waals surface area (Å²) < 4.78 is 5.12. The molecule has 15 heavy (non-hydrogen) atoms. The van der Waals surface area contributed by atoms with Gasteiger partial charge in [0.05, 0.1) is 6.04 Å². The van der Waals surface area contributed by atoms with E-state index in [9.17, 15) is 0 Å². The van der Waals surface area contributed by atoms with Crippen molar-refractivity contribution in [1.82, 2.24) is 10.1 Å². The van der Waals surface area contributed by atoms with Crippen molar-refractivity contribution in [3.05, 3.63) is 22.7 Å². The van der Waals surface area contributed by atoms with Crippen molar-refractivity contribution in [2.24, 2.45) is 5.73 Å². The molecule has 0 spiro atoms. The highest BCUT2D eigenvalue weighted by atomic mass is 32.1. The first kappa shape index (κ1) is 10.3. The molecule has 0 unspecified atom stereocenters. The van der Waals surface area contributed by atoms with Gasteiger partial charge >= 0.3 is 0 Å². The molecule has 5 heteroatoms. The van der Waals surface area contributed by atoms with E-state index in [1.807, 2.05) is 16.8 Å². The van der Waals surface area contributed by atoms with E-state index in [0.29, 0.717) is 11.7 Å². The van der Waals surface area contributed by atoms with E-state index in [1.54, 1.807) is 11.3 Å². The first-order chi connectivity index (χ1) is 7.31. The highest BCUT2D eigenvalue weighted by Crippen LogP contribution is 2.21. The van der Waals surface area contributed by atoms with Crippen LogP contribution in [-0.2, 0) is 0 Å². The predicted molar refractivity (Wildman–Crippen MR) is 59.4 cm³/mol. The monoisotopic (exact) mass is 223 g/mol. The van der Waals surface area contributed by atoms with Gasteiger partial charge in [0.1, 0.15) is 0 Å². The molecule has 0 radical (unpaired) electrons. The molecular formula is C10H13N3OS. The second kappa shape index (κ2) is 4.55. The number of aromatic nitrogens is 2. The second-order valence-corrected chi connectivity index (χ2v) is 4.14. The standard InChI is InChI=1S/C10H13N3OS/c1-2-3-8(11)10-12-9(13-14-10)7-4-5-15-6-7/h4-6,8H,2-3,11H2,1H3/t8-/m0/s1. The highest BCUT2D eigenvalue weighted by molar-refractivity contribution is 7.08. The van der Waals surface area contributed by atoms with Crippen LogP contribution in [0.4, 0.5) is 0 Å². The van der Waals surface area contributed by atoms with E-state index in [1.165, 1.54) is 0 Å². The summed E-state index contributed by atoms with van der Waals surface area (Å²) in [6.07, 6.45) is 1.88. The molecule has 2 N–H and O–H groups in total. The fourth-order valence-electron chi connectivity index (χ4n) is 1.33. The van der Waals surface area contributed by atoms with Gasteiger partial charge in [-0.2, -0.15) is 16.3 Å². The largest absolute Gasteiger partial charge is 0.337 e. The van der Waals surface area contributed by atoms with Crippen molar-refractivity contribution in [2.45, 2.75) is 25.8 Å². The molecule has 0 amide bonds. The van der Waals surface area contributed by atoms with E-state index in [0.717, 1.165) is 18.4 Å². The fourth-order valence-corrected chi connectivity index (χ4v) is 1.96. The van der Waals surface area contributed by atoms with E-state index < -0.39 is 0 Å². The molecule has 4 nitrogen and oxygen atoms in total. The van der Waals surface area contributed by atoms with Crippen LogP contribution in [0.25, 0.3) is 11.4 Å². The van der Waals surface area contributed by atoms with E-state index in [4.69, 9.17) is 10.3 Å². The summed E-state index contributed by atoms with van der Waals surface area (Å²) in [5, 5.41) is 7.87. The van der Waals surface area contributed by atoms with Crippen LogP contribution in [0.3, 0.4) is 0 Å². The second-order valence-electron chi connectivity index (χ2n) is 3.36. The van der Waals surface area contributed by atoms with Crippen LogP contribution in [0.2, 0.25) is 0 Å². The Morgan fingerprint density at radius 1 is 1.60 bits per heavy atom. The first-order valence-electron chi connectivity index (χ1n) is 4.93. The smallest absolute Gasteiger partial charge is 0.243 e. The number of nitrogens with two attached hydrogens (primary N) is 1. The summed E-state index contributed by atoms with van der Waals surface area (Å²) >= 11 is 1.61. The van der Waals surface area contributed by atoms with E-state index in [-0.39, 0.29) is 6.04 Å². The first-order valence-corrected chi connectivity index (χ1v) is 5.87. The molecule has 80 valence electrons. The van der Waals surface area contributed by atoms with Crippen molar-refractivity contribution in [2.75, 3.05) is 0 Å². The number of nitrogens with zero attached hydrogens (tertiary/aromatic N) is 2. The molecule has 0 saturated heterocycles. The minimum atomic E-state index is -0.144. The lowest BCUT2D eigenvalue weighted by Gasteiger charge is -2.01. The molecular weight excluding hydrogens is 210 g/mol. The summed E-state index contributed by atoms with van der Waals surface area (Å²) in [5.41, 5.74) is 6.86. The molecule has 1 atom stereocenters. The molecule has 0 aliphatic carbocycles. The Bertz CT molecular complexity index is 410. The molecule has 0 aliphatic rings. The van der Waals surface area contributed by atoms with Crippen molar-refractivity contribution >= 4 is 11.3 Å². The third-order valence-corrected chi connectivity index (χ3v) is 2.82. The zero-order valence-corrected chi connectivity index (χ0v) is 9.33. The molecule has 2 aromatic heterocycles. The highest BCUT2D eigenvalue weighted by Gasteiger charge is 2.14. The molecule has 0 fully saturated rings. The molecule has 2 rings (SSSR count). The number of hydrogen-bond donors (Lipinski definition) is 1. The number of hydrogen-bond acceptors (Lipinski definition) is 5. The third-order valence-electron chi connectivity index (χ3n) is 2.14. The number of thiophene rings is 1. The van der Waals surface area contributed by atoms with Crippen LogP contribution >= 0.6 is 11.3 Å². The lowest BCUT2D eigenvalue weighted by molar-refractivity contribution is 0.348. The average Bonchev–Trinajstić information content (AvgIpc) is 2.89. The van der Waals surface area contributed by atoms with Crippen LogP contribution in [-0.4, -0.2) is 10.1 Å². The molecule has 0 aliphatic heterocycles. The minimum absolute atomic E-state index is 0.144. The van der Waals surface area contributed by atoms with Crippen LogP contribution in [0.5, 0.6) is 0 Å². The molecule has 2 aromatic rings. The van der Waals surface area contributed by atoms with Gasteiger partial charge in [-0.25, -0.2) is 0 Å². The van der Waals surface area contributed by atoms with Gasteiger partial charge in [0.2, 0.25) is 11.7 Å². The quantitative estimate of drug-likeness (QED) is 0.865. The SMILES string of the molecule is CCC[C@H](N)c1nc(-c2ccsc2)no1. The van der Waals surface area contributed by atoms with Gasteiger partial charge in [-0.15, -0.1) is 0 Å². The lowest BCUT2D eigenvalue weighted by Crippen LogP contribution is -2.09. The Morgan fingerprint density at radius 3 is 3.13 bits per heavy atom. The average molecular weight is 223 g/mol. The van der Waals surface area contributed by atoms with Crippen molar-refractivity contribution in [1.29, 1.82) is 0 Å². The summed E-state index contributed by atoms with van der Waals surface area (Å²) in [4.78, 5) is 4.28. The normalized spacial score (nSPS) is 12.9. The molecule has 0 bridgehead atoms. The van der Waals surface area contributed by atoms with Crippen LogP contribution in [0.1, 0.15) is 31.7 Å². The van der Waals surface area contributed by atoms with Crippen LogP contribution < -0.4 is 5.73 Å². The maximum atomic E-state index is 5.88. The topological polar surface area (TPSA) is 64.9 Å². The van der Waals surface area contributed by atoms with Gasteiger partial charge in [0.15, 0.2) is 0 Å². The van der Waals surface area contributed by atoms with Crippen molar-refractivity contribution in [3.8, 4) is 11.4 Å². The number of rotatable bonds is 4. The molecule has 0 aromatic carbocycles. The lowest BCUT2D eigenvalue weighted by atomic mass is 10.2. The van der Waals surface area contributed by atoms with Crippen LogP contribution in [0, 0.1) is 0 Å². The Morgan fingerprint density at radius 2 is 2.47 bits per heavy atom. The van der Waals surface area contributed by atoms with Gasteiger partial charge in [-0.3, -0.25) is 0 Å². The molecule has 2 heterocycles. The van der Waals surface area contributed by atoms with Gasteiger partial charge in [-0.05, 0) is 17.9 Å². The van der Waals surface area contributed by atoms with Gasteiger partial charge < -0.3 is 10.3 Å². The summed E-state index contributed by atoms with van der Waals surface area (Å²) in [6, 6.07) is 1.82. The van der Waals surface area contributed by atoms with Crippen molar-refractivity contribution < 1.29 is 4.52 Å². The van der Waals surface area contributed by atoms with E-state index >= 15 is 0 Å². The maximum Gasteiger partial charge on any atom is 0.243 e. The third kappa shape index (κ3) is 2.24. The van der Waals surface area contributed by atoms with Crippen molar-refractivity contribution in [3.63, 3.8) is 0 Å². The molecule has 0 saturated carbocycles. The van der Waals surface area contributed by atoms with Crippen LogP contribution in [0.15, 0.2) is 21.3 Å². The fraction of sp³-hybridized carbons (Fsp3) is 0.400. The van der Waals surface area contributed by atoms with Gasteiger partial charge in [0.25, 0.3) is 0 Å². The Kier molecular flexibility index (Phi) is 3.13. The zero-order chi connectivity index (χ0) is 10.7. The predicted octanol–water partition coefficient (Wildman–Crippen LogP) is 2.60. The van der Waals surface area contributed by atoms with Gasteiger partial charge in [-0.1, -0.05) is 18.5 Å². The van der Waals surface area contributed by atoms with E-state index in [2.05, 4.69) is 17.1 Å². The zero-order valence-electron chi connectivity index (χ0n) is 8.51. The minimum Gasteiger partial charge on any atom is -0.337 e. The summed E-state index contributed by atoms with van der Waals surface area (Å²) in [5.74, 6) is 1.15. The Balaban J connectivity index is 2.17. The summed E-state index contributed by atoms with van der Waals surface area (Å²) in [7, 11) is 0. The summed E-state index contributed by atoms with van der Waals surface area (Å²) in [6.45, 7) is 2.08. The maximum absolute atomic E-state index is 5.88.